The summed E-state index contributed by atoms with van der Waals surface area (Å²) in [5, 5.41) is 6.71. The molecule has 1 aromatic heterocycles. The largest absolute Gasteiger partial charge is 0.325 e. The van der Waals surface area contributed by atoms with Gasteiger partial charge in [-0.1, -0.05) is 17.7 Å². The molecule has 116 valence electrons. The highest BCUT2D eigenvalue weighted by molar-refractivity contribution is 6.33. The number of pyridine rings is 1. The zero-order valence-corrected chi connectivity index (χ0v) is 13.5. The Balaban J connectivity index is 1.78. The van der Waals surface area contributed by atoms with E-state index in [9.17, 15) is 4.79 Å². The average Bonchev–Trinajstić information content (AvgIpc) is 2.51. The second-order valence-corrected chi connectivity index (χ2v) is 5.65. The van der Waals surface area contributed by atoms with Crippen LogP contribution in [0.25, 0.3) is 0 Å². The number of nitrogens with one attached hydrogen (secondary N) is 2. The zero-order valence-electron chi connectivity index (χ0n) is 12.8. The Morgan fingerprint density at radius 1 is 1.27 bits per heavy atom. The molecular weight excluding hydrogens is 298 g/mol. The summed E-state index contributed by atoms with van der Waals surface area (Å²) < 4.78 is 0. The van der Waals surface area contributed by atoms with Gasteiger partial charge in [0, 0.05) is 31.4 Å². The third-order valence-corrected chi connectivity index (χ3v) is 3.72. The Hall–Kier alpha value is -1.91. The van der Waals surface area contributed by atoms with Gasteiger partial charge in [-0.2, -0.15) is 0 Å². The minimum atomic E-state index is -0.0554. The summed E-state index contributed by atoms with van der Waals surface area (Å²) >= 11 is 6.10. The van der Waals surface area contributed by atoms with Crippen molar-refractivity contribution in [1.82, 2.24) is 10.3 Å². The Labute approximate surface area is 135 Å². The molecule has 0 aliphatic carbocycles. The fraction of sp³-hybridized carbons (Fsp3) is 0.294. The van der Waals surface area contributed by atoms with E-state index in [1.165, 1.54) is 0 Å². The van der Waals surface area contributed by atoms with Crippen molar-refractivity contribution in [1.29, 1.82) is 0 Å². The number of aryl methyl sites for hydroxylation is 1. The second kappa shape index (κ2) is 7.92. The number of anilines is 1. The van der Waals surface area contributed by atoms with Crippen LogP contribution >= 0.6 is 11.6 Å². The number of nitrogens with zero attached hydrogens (tertiary/aromatic N) is 1. The molecule has 4 nitrogen and oxygen atoms in total. The van der Waals surface area contributed by atoms with Crippen LogP contribution in [0.2, 0.25) is 5.02 Å². The molecule has 0 saturated carbocycles. The molecule has 0 fully saturated rings. The van der Waals surface area contributed by atoms with Crippen molar-refractivity contribution in [3.8, 4) is 0 Å². The number of halogens is 1. The van der Waals surface area contributed by atoms with Crippen LogP contribution in [0, 0.1) is 6.92 Å². The minimum Gasteiger partial charge on any atom is -0.325 e. The van der Waals surface area contributed by atoms with Crippen molar-refractivity contribution in [3.05, 3.63) is 58.9 Å². The van der Waals surface area contributed by atoms with Gasteiger partial charge in [0.25, 0.3) is 0 Å². The van der Waals surface area contributed by atoms with Gasteiger partial charge in [-0.05, 0) is 49.2 Å². The molecule has 0 unspecified atom stereocenters. The molecule has 22 heavy (non-hydrogen) atoms. The summed E-state index contributed by atoms with van der Waals surface area (Å²) in [6, 6.07) is 9.68. The highest BCUT2D eigenvalue weighted by Gasteiger charge is 2.08. The second-order valence-electron chi connectivity index (χ2n) is 5.24. The number of carbonyl (C=O) groups is 1. The number of rotatable bonds is 6. The van der Waals surface area contributed by atoms with Gasteiger partial charge >= 0.3 is 0 Å². The minimum absolute atomic E-state index is 0.0554. The molecule has 0 radical (unpaired) electrons. The standard InChI is InChI=1S/C17H20ClN3O/c1-12-3-4-16(15(18)11-12)21-17(22)7-10-20-13(2)14-5-8-19-9-6-14/h3-6,8-9,11,13,20H,7,10H2,1-2H3,(H,21,22)/t13-/m1/s1. The van der Waals surface area contributed by atoms with E-state index in [4.69, 9.17) is 11.6 Å². The molecule has 0 bridgehead atoms. The summed E-state index contributed by atoms with van der Waals surface area (Å²) in [6.45, 7) is 4.62. The lowest BCUT2D eigenvalue weighted by molar-refractivity contribution is -0.116. The summed E-state index contributed by atoms with van der Waals surface area (Å²) in [6.07, 6.45) is 3.92. The van der Waals surface area contributed by atoms with Gasteiger partial charge in [0.1, 0.15) is 0 Å². The van der Waals surface area contributed by atoms with Crippen molar-refractivity contribution >= 4 is 23.2 Å². The first-order chi connectivity index (χ1) is 10.6. The van der Waals surface area contributed by atoms with Gasteiger partial charge < -0.3 is 10.6 Å². The first kappa shape index (κ1) is 16.5. The lowest BCUT2D eigenvalue weighted by atomic mass is 10.1. The lowest BCUT2D eigenvalue weighted by Gasteiger charge is -2.14. The average molecular weight is 318 g/mol. The van der Waals surface area contributed by atoms with Crippen LogP contribution in [0.1, 0.15) is 30.5 Å². The molecule has 2 rings (SSSR count). The van der Waals surface area contributed by atoms with E-state index >= 15 is 0 Å². The van der Waals surface area contributed by atoms with E-state index < -0.39 is 0 Å². The zero-order chi connectivity index (χ0) is 15.9. The normalized spacial score (nSPS) is 12.0. The number of carbonyl (C=O) groups excluding carboxylic acids is 1. The fourth-order valence-electron chi connectivity index (χ4n) is 2.11. The Kier molecular flexibility index (Phi) is 5.92. The van der Waals surface area contributed by atoms with Gasteiger partial charge in [0.05, 0.1) is 10.7 Å². The Morgan fingerprint density at radius 3 is 2.68 bits per heavy atom. The highest BCUT2D eigenvalue weighted by Crippen LogP contribution is 2.22. The van der Waals surface area contributed by atoms with Crippen LogP contribution < -0.4 is 10.6 Å². The van der Waals surface area contributed by atoms with E-state index in [2.05, 4.69) is 22.5 Å². The summed E-state index contributed by atoms with van der Waals surface area (Å²) in [7, 11) is 0. The molecule has 0 saturated heterocycles. The third-order valence-electron chi connectivity index (χ3n) is 3.41. The van der Waals surface area contributed by atoms with E-state index in [1.807, 2.05) is 37.3 Å². The maximum Gasteiger partial charge on any atom is 0.225 e. The molecule has 1 amide bonds. The van der Waals surface area contributed by atoms with Crippen molar-refractivity contribution in [2.75, 3.05) is 11.9 Å². The molecule has 0 aliphatic rings. The summed E-state index contributed by atoms with van der Waals surface area (Å²) in [5.41, 5.74) is 2.87. The lowest BCUT2D eigenvalue weighted by Crippen LogP contribution is -2.24. The van der Waals surface area contributed by atoms with Gasteiger partial charge in [-0.15, -0.1) is 0 Å². The summed E-state index contributed by atoms with van der Waals surface area (Å²) in [4.78, 5) is 15.9. The van der Waals surface area contributed by atoms with Crippen molar-refractivity contribution in [3.63, 3.8) is 0 Å². The first-order valence-corrected chi connectivity index (χ1v) is 7.63. The first-order valence-electron chi connectivity index (χ1n) is 7.25. The molecular formula is C17H20ClN3O. The molecule has 2 aromatic rings. The van der Waals surface area contributed by atoms with Gasteiger partial charge in [-0.3, -0.25) is 9.78 Å². The molecule has 0 spiro atoms. The number of amides is 1. The van der Waals surface area contributed by atoms with Crippen molar-refractivity contribution in [2.45, 2.75) is 26.3 Å². The molecule has 0 aliphatic heterocycles. The van der Waals surface area contributed by atoms with Crippen LogP contribution in [0.3, 0.4) is 0 Å². The van der Waals surface area contributed by atoms with Gasteiger partial charge in [-0.25, -0.2) is 0 Å². The van der Waals surface area contributed by atoms with E-state index in [-0.39, 0.29) is 11.9 Å². The SMILES string of the molecule is Cc1ccc(NC(=O)CCN[C@H](C)c2ccncc2)c(Cl)c1. The molecule has 1 atom stereocenters. The number of hydrogen-bond acceptors (Lipinski definition) is 3. The molecule has 2 N–H and O–H groups in total. The highest BCUT2D eigenvalue weighted by atomic mass is 35.5. The summed E-state index contributed by atoms with van der Waals surface area (Å²) in [5.74, 6) is -0.0554. The molecule has 5 heteroatoms. The van der Waals surface area contributed by atoms with Crippen LogP contribution in [-0.4, -0.2) is 17.4 Å². The number of hydrogen-bond donors (Lipinski definition) is 2. The van der Waals surface area contributed by atoms with Crippen LogP contribution in [0.5, 0.6) is 0 Å². The Morgan fingerprint density at radius 2 is 2.00 bits per heavy atom. The van der Waals surface area contributed by atoms with Gasteiger partial charge in [0.2, 0.25) is 5.91 Å². The van der Waals surface area contributed by atoms with Crippen molar-refractivity contribution in [2.24, 2.45) is 0 Å². The predicted molar refractivity (Wildman–Crippen MR) is 90.1 cm³/mol. The maximum absolute atomic E-state index is 11.9. The third kappa shape index (κ3) is 4.83. The maximum atomic E-state index is 11.9. The van der Waals surface area contributed by atoms with Crippen LogP contribution in [0.4, 0.5) is 5.69 Å². The fourth-order valence-corrected chi connectivity index (χ4v) is 2.39. The molecule has 1 aromatic carbocycles. The molecule has 1 heterocycles. The quantitative estimate of drug-likeness (QED) is 0.853. The van der Waals surface area contributed by atoms with E-state index in [0.717, 1.165) is 11.1 Å². The topological polar surface area (TPSA) is 54.0 Å². The van der Waals surface area contributed by atoms with Crippen molar-refractivity contribution < 1.29 is 4.79 Å². The predicted octanol–water partition coefficient (Wildman–Crippen LogP) is 3.72. The monoisotopic (exact) mass is 317 g/mol. The van der Waals surface area contributed by atoms with Crippen LogP contribution in [0.15, 0.2) is 42.7 Å². The van der Waals surface area contributed by atoms with E-state index in [0.29, 0.717) is 23.7 Å². The smallest absolute Gasteiger partial charge is 0.225 e. The van der Waals surface area contributed by atoms with E-state index in [1.54, 1.807) is 12.4 Å². The van der Waals surface area contributed by atoms with Gasteiger partial charge in [0.15, 0.2) is 0 Å². The number of aromatic nitrogens is 1. The number of benzene rings is 1. The Bertz CT molecular complexity index is 631. The van der Waals surface area contributed by atoms with Crippen LogP contribution in [-0.2, 0) is 4.79 Å².